The number of hydrogen-bond donors (Lipinski definition) is 1. The van der Waals surface area contributed by atoms with E-state index in [2.05, 4.69) is 25.3 Å². The molecule has 34 heavy (non-hydrogen) atoms. The smallest absolute Gasteiger partial charge is 0.234 e. The molecule has 0 radical (unpaired) electrons. The Hall–Kier alpha value is -2.81. The van der Waals surface area contributed by atoms with Crippen molar-refractivity contribution in [2.45, 2.75) is 44.1 Å². The second-order valence-corrected chi connectivity index (χ2v) is 9.67. The van der Waals surface area contributed by atoms with Gasteiger partial charge in [-0.3, -0.25) is 9.59 Å². The number of rotatable bonds is 8. The Morgan fingerprint density at radius 1 is 1.00 bits per heavy atom. The first-order valence-corrected chi connectivity index (χ1v) is 13.1. The second kappa shape index (κ2) is 12.1. The maximum absolute atomic E-state index is 12.8. The van der Waals surface area contributed by atoms with Gasteiger partial charge >= 0.3 is 0 Å². The Balaban J connectivity index is 1.20. The molecule has 0 aliphatic carbocycles. The molecule has 0 saturated carbocycles. The number of piperidine rings is 2. The monoisotopic (exact) mass is 483 g/mol. The molecule has 8 nitrogen and oxygen atoms in total. The van der Waals surface area contributed by atoms with Gasteiger partial charge in [-0.15, -0.1) is 10.2 Å². The Bertz CT molecular complexity index is 940. The summed E-state index contributed by atoms with van der Waals surface area (Å²) >= 11 is 1.36. The highest BCUT2D eigenvalue weighted by atomic mass is 32.2. The third-order valence-corrected chi connectivity index (χ3v) is 7.18. The van der Waals surface area contributed by atoms with Crippen molar-refractivity contribution in [3.63, 3.8) is 0 Å². The number of hydrogen-bond acceptors (Lipinski definition) is 7. The summed E-state index contributed by atoms with van der Waals surface area (Å²) in [7, 11) is 0. The predicted molar refractivity (Wildman–Crippen MR) is 134 cm³/mol. The van der Waals surface area contributed by atoms with Crippen LogP contribution in [-0.4, -0.2) is 65.5 Å². The van der Waals surface area contributed by atoms with Crippen molar-refractivity contribution in [1.29, 1.82) is 0 Å². The van der Waals surface area contributed by atoms with Gasteiger partial charge in [0.1, 0.15) is 10.8 Å². The van der Waals surface area contributed by atoms with Gasteiger partial charge < -0.3 is 19.9 Å². The summed E-state index contributed by atoms with van der Waals surface area (Å²) in [5, 5.41) is 12.2. The number of carbonyl (C=O) groups is 2. The summed E-state index contributed by atoms with van der Waals surface area (Å²) in [6.07, 6.45) is 5.22. The van der Waals surface area contributed by atoms with Gasteiger partial charge in [0.2, 0.25) is 11.8 Å². The molecule has 2 saturated heterocycles. The highest BCUT2D eigenvalue weighted by molar-refractivity contribution is 7.99. The lowest BCUT2D eigenvalue weighted by atomic mass is 9.94. The molecule has 4 rings (SSSR count). The summed E-state index contributed by atoms with van der Waals surface area (Å²) in [4.78, 5) is 29.3. The van der Waals surface area contributed by atoms with Crippen molar-refractivity contribution >= 4 is 35.1 Å². The molecule has 9 heteroatoms. The number of amides is 2. The van der Waals surface area contributed by atoms with Crippen molar-refractivity contribution in [2.75, 3.05) is 48.8 Å². The van der Waals surface area contributed by atoms with Crippen molar-refractivity contribution in [3.8, 4) is 5.75 Å². The number of anilines is 2. The first kappa shape index (κ1) is 24.3. The van der Waals surface area contributed by atoms with E-state index in [0.29, 0.717) is 17.5 Å². The van der Waals surface area contributed by atoms with Crippen LogP contribution >= 0.6 is 11.8 Å². The number of nitrogens with zero attached hydrogens (tertiary/aromatic N) is 4. The van der Waals surface area contributed by atoms with Crippen molar-refractivity contribution < 1.29 is 14.3 Å². The highest BCUT2D eigenvalue weighted by Gasteiger charge is 2.29. The number of benzene rings is 1. The molecule has 2 aromatic rings. The van der Waals surface area contributed by atoms with Crippen LogP contribution in [0.4, 0.5) is 11.5 Å². The van der Waals surface area contributed by atoms with Crippen LogP contribution in [0.1, 0.15) is 39.0 Å². The average Bonchev–Trinajstić information content (AvgIpc) is 2.89. The van der Waals surface area contributed by atoms with E-state index in [1.807, 2.05) is 43.3 Å². The van der Waals surface area contributed by atoms with Crippen LogP contribution in [0.25, 0.3) is 0 Å². The highest BCUT2D eigenvalue weighted by Crippen LogP contribution is 2.25. The molecular formula is C25H33N5O3S. The van der Waals surface area contributed by atoms with E-state index < -0.39 is 0 Å². The normalized spacial score (nSPS) is 16.9. The fourth-order valence-electron chi connectivity index (χ4n) is 4.42. The van der Waals surface area contributed by atoms with Crippen LogP contribution in [0.15, 0.2) is 41.4 Å². The molecule has 0 spiro atoms. The molecule has 0 atom stereocenters. The maximum Gasteiger partial charge on any atom is 0.234 e. The summed E-state index contributed by atoms with van der Waals surface area (Å²) < 4.78 is 5.41. The Kier molecular flexibility index (Phi) is 8.62. The van der Waals surface area contributed by atoms with E-state index in [1.54, 1.807) is 0 Å². The molecule has 2 fully saturated rings. The van der Waals surface area contributed by atoms with E-state index in [1.165, 1.54) is 18.2 Å². The van der Waals surface area contributed by atoms with Crippen molar-refractivity contribution in [1.82, 2.24) is 15.1 Å². The van der Waals surface area contributed by atoms with E-state index in [-0.39, 0.29) is 17.6 Å². The molecule has 1 aromatic heterocycles. The minimum atomic E-state index is -0.0968. The lowest BCUT2D eigenvalue weighted by molar-refractivity contribution is -0.137. The van der Waals surface area contributed by atoms with E-state index >= 15 is 0 Å². The molecule has 182 valence electrons. The third-order valence-electron chi connectivity index (χ3n) is 6.26. The van der Waals surface area contributed by atoms with E-state index in [9.17, 15) is 9.59 Å². The van der Waals surface area contributed by atoms with Crippen molar-refractivity contribution in [3.05, 3.63) is 36.4 Å². The zero-order valence-electron chi connectivity index (χ0n) is 19.7. The molecule has 2 aliphatic heterocycles. The number of carbonyl (C=O) groups excluding carboxylic acids is 2. The molecule has 1 aromatic carbocycles. The van der Waals surface area contributed by atoms with Gasteiger partial charge in [-0.05, 0) is 75.4 Å². The number of ether oxygens (including phenoxy) is 1. The Morgan fingerprint density at radius 2 is 1.74 bits per heavy atom. The van der Waals surface area contributed by atoms with Gasteiger partial charge in [-0.2, -0.15) is 0 Å². The van der Waals surface area contributed by atoms with Crippen LogP contribution in [0, 0.1) is 5.92 Å². The molecule has 1 N–H and O–H groups in total. The lowest BCUT2D eigenvalue weighted by Gasteiger charge is -2.35. The minimum Gasteiger partial charge on any atom is -0.494 e. The van der Waals surface area contributed by atoms with Crippen LogP contribution in [0.3, 0.4) is 0 Å². The van der Waals surface area contributed by atoms with Gasteiger partial charge in [-0.1, -0.05) is 11.8 Å². The first-order chi connectivity index (χ1) is 16.6. The largest absolute Gasteiger partial charge is 0.494 e. The van der Waals surface area contributed by atoms with E-state index in [4.69, 9.17) is 4.74 Å². The quantitative estimate of drug-likeness (QED) is 0.571. The van der Waals surface area contributed by atoms with Gasteiger partial charge in [-0.25, -0.2) is 0 Å². The van der Waals surface area contributed by atoms with Crippen LogP contribution in [0.5, 0.6) is 5.75 Å². The maximum atomic E-state index is 12.8. The standard InChI is InChI=1S/C25H33N5O3S/c1-2-33-21-8-6-20(7-9-21)26-23(31)18-34-24-11-10-22(27-28-24)29-16-12-19(13-17-29)25(32)30-14-4-3-5-15-30/h6-11,19H,2-5,12-18H2,1H3,(H,26,31). The summed E-state index contributed by atoms with van der Waals surface area (Å²) in [6, 6.07) is 11.2. The summed E-state index contributed by atoms with van der Waals surface area (Å²) in [5.74, 6) is 2.23. The zero-order valence-corrected chi connectivity index (χ0v) is 20.6. The average molecular weight is 484 g/mol. The predicted octanol–water partition coefficient (Wildman–Crippen LogP) is 3.84. The molecule has 0 unspecified atom stereocenters. The topological polar surface area (TPSA) is 87.7 Å². The van der Waals surface area contributed by atoms with Gasteiger partial charge in [0.05, 0.1) is 12.4 Å². The molecule has 2 amide bonds. The fraction of sp³-hybridized carbons (Fsp3) is 0.520. The first-order valence-electron chi connectivity index (χ1n) is 12.2. The van der Waals surface area contributed by atoms with Crippen molar-refractivity contribution in [2.24, 2.45) is 5.92 Å². The van der Waals surface area contributed by atoms with E-state index in [0.717, 1.165) is 69.1 Å². The van der Waals surface area contributed by atoms with Crippen LogP contribution in [0.2, 0.25) is 0 Å². The Labute approximate surface area is 205 Å². The number of nitrogens with one attached hydrogen (secondary N) is 1. The fourth-order valence-corrected chi connectivity index (χ4v) is 5.04. The SMILES string of the molecule is CCOc1ccc(NC(=O)CSc2ccc(N3CCC(C(=O)N4CCCCC4)CC3)nn2)cc1. The zero-order chi connectivity index (χ0) is 23.8. The number of aromatic nitrogens is 2. The van der Waals surface area contributed by atoms with Gasteiger partial charge in [0.15, 0.2) is 5.82 Å². The lowest BCUT2D eigenvalue weighted by Crippen LogP contribution is -2.44. The summed E-state index contributed by atoms with van der Waals surface area (Å²) in [5.41, 5.74) is 0.734. The molecule has 2 aliphatic rings. The number of likely N-dealkylation sites (tertiary alicyclic amines) is 1. The van der Waals surface area contributed by atoms with Crippen LogP contribution in [-0.2, 0) is 9.59 Å². The van der Waals surface area contributed by atoms with Gasteiger partial charge in [0.25, 0.3) is 0 Å². The summed E-state index contributed by atoms with van der Waals surface area (Å²) in [6.45, 7) is 6.01. The number of thioether (sulfide) groups is 1. The molecular weight excluding hydrogens is 450 g/mol. The van der Waals surface area contributed by atoms with Crippen LogP contribution < -0.4 is 15.0 Å². The van der Waals surface area contributed by atoms with Gasteiger partial charge in [0, 0.05) is 37.8 Å². The molecule has 3 heterocycles. The minimum absolute atomic E-state index is 0.0968. The second-order valence-electron chi connectivity index (χ2n) is 8.67. The molecule has 0 bridgehead atoms. The third kappa shape index (κ3) is 6.62. The Morgan fingerprint density at radius 3 is 2.38 bits per heavy atom.